The number of aryl methyl sites for hydroxylation is 1. The van der Waals surface area contributed by atoms with Crippen LogP contribution in [0.3, 0.4) is 0 Å². The molecule has 2 heterocycles. The van der Waals surface area contributed by atoms with Crippen molar-refractivity contribution in [1.29, 1.82) is 0 Å². The minimum Gasteiger partial charge on any atom is -0.497 e. The fraction of sp³-hybridized carbons (Fsp3) is 0.316. The average molecular weight is 339 g/mol. The van der Waals surface area contributed by atoms with Gasteiger partial charge in [-0.05, 0) is 42.8 Å². The Morgan fingerprint density at radius 3 is 2.33 bits per heavy atom. The highest BCUT2D eigenvalue weighted by atomic mass is 32.1. The SMILES string of the molecule is COc1ccc(N2CCN(c3nc4c(C)cccc4s3)CC2)cc1. The van der Waals surface area contributed by atoms with Crippen LogP contribution in [0, 0.1) is 6.92 Å². The number of anilines is 2. The van der Waals surface area contributed by atoms with Gasteiger partial charge in [0.2, 0.25) is 0 Å². The number of benzene rings is 2. The molecule has 24 heavy (non-hydrogen) atoms. The molecule has 1 aliphatic heterocycles. The molecule has 2 aromatic carbocycles. The lowest BCUT2D eigenvalue weighted by Gasteiger charge is -2.36. The predicted molar refractivity (Wildman–Crippen MR) is 102 cm³/mol. The molecule has 0 atom stereocenters. The number of rotatable bonds is 3. The summed E-state index contributed by atoms with van der Waals surface area (Å²) in [5.41, 5.74) is 3.66. The van der Waals surface area contributed by atoms with E-state index in [4.69, 9.17) is 9.72 Å². The Kier molecular flexibility index (Phi) is 4.02. The lowest BCUT2D eigenvalue weighted by Crippen LogP contribution is -2.46. The minimum absolute atomic E-state index is 0.905. The fourth-order valence-electron chi connectivity index (χ4n) is 3.16. The predicted octanol–water partition coefficient (Wildman–Crippen LogP) is 3.94. The number of hydrogen-bond acceptors (Lipinski definition) is 5. The molecule has 5 heteroatoms. The van der Waals surface area contributed by atoms with E-state index in [1.165, 1.54) is 16.0 Å². The maximum absolute atomic E-state index is 5.24. The van der Waals surface area contributed by atoms with Crippen molar-refractivity contribution < 1.29 is 4.74 Å². The Labute approximate surface area is 146 Å². The number of methoxy groups -OCH3 is 1. The molecule has 4 rings (SSSR count). The average Bonchev–Trinajstić information content (AvgIpc) is 3.08. The Balaban J connectivity index is 1.47. The zero-order chi connectivity index (χ0) is 16.5. The molecule has 0 aliphatic carbocycles. The topological polar surface area (TPSA) is 28.6 Å². The number of hydrogen-bond donors (Lipinski definition) is 0. The van der Waals surface area contributed by atoms with Gasteiger partial charge < -0.3 is 14.5 Å². The van der Waals surface area contributed by atoms with Crippen LogP contribution in [0.4, 0.5) is 10.8 Å². The standard InChI is InChI=1S/C19H21N3OS/c1-14-4-3-5-17-18(14)20-19(24-17)22-12-10-21(11-13-22)15-6-8-16(23-2)9-7-15/h3-9H,10-13H2,1-2H3. The van der Waals surface area contributed by atoms with Gasteiger partial charge in [0.15, 0.2) is 5.13 Å². The monoisotopic (exact) mass is 339 g/mol. The quantitative estimate of drug-likeness (QED) is 0.723. The Morgan fingerprint density at radius 2 is 1.67 bits per heavy atom. The van der Waals surface area contributed by atoms with Gasteiger partial charge in [0.1, 0.15) is 5.75 Å². The molecule has 0 bridgehead atoms. The number of para-hydroxylation sites is 1. The molecule has 0 N–H and O–H groups in total. The molecule has 0 saturated carbocycles. The van der Waals surface area contributed by atoms with E-state index in [-0.39, 0.29) is 0 Å². The molecule has 124 valence electrons. The summed E-state index contributed by atoms with van der Waals surface area (Å²) in [4.78, 5) is 9.70. The first-order chi connectivity index (χ1) is 11.7. The summed E-state index contributed by atoms with van der Waals surface area (Å²) in [6, 6.07) is 14.7. The second-order valence-corrected chi connectivity index (χ2v) is 7.10. The Morgan fingerprint density at radius 1 is 0.958 bits per heavy atom. The Hall–Kier alpha value is -2.27. The first-order valence-corrected chi connectivity index (χ1v) is 9.06. The maximum Gasteiger partial charge on any atom is 0.186 e. The van der Waals surface area contributed by atoms with Gasteiger partial charge in [-0.15, -0.1) is 0 Å². The van der Waals surface area contributed by atoms with Crippen LogP contribution in [-0.2, 0) is 0 Å². The van der Waals surface area contributed by atoms with Crippen molar-refractivity contribution in [2.75, 3.05) is 43.1 Å². The van der Waals surface area contributed by atoms with Gasteiger partial charge in [0.05, 0.1) is 17.3 Å². The lowest BCUT2D eigenvalue weighted by atomic mass is 10.2. The third kappa shape index (κ3) is 2.80. The van der Waals surface area contributed by atoms with Crippen molar-refractivity contribution >= 4 is 32.4 Å². The highest BCUT2D eigenvalue weighted by Gasteiger charge is 2.20. The molecule has 1 fully saturated rings. The highest BCUT2D eigenvalue weighted by Crippen LogP contribution is 2.31. The van der Waals surface area contributed by atoms with Gasteiger partial charge in [-0.2, -0.15) is 0 Å². The van der Waals surface area contributed by atoms with Crippen LogP contribution in [0.2, 0.25) is 0 Å². The summed E-state index contributed by atoms with van der Waals surface area (Å²) in [7, 11) is 1.70. The molecule has 1 aromatic heterocycles. The van der Waals surface area contributed by atoms with Crippen LogP contribution in [0.15, 0.2) is 42.5 Å². The van der Waals surface area contributed by atoms with Crippen LogP contribution in [-0.4, -0.2) is 38.3 Å². The van der Waals surface area contributed by atoms with Crippen LogP contribution < -0.4 is 14.5 Å². The molecule has 1 saturated heterocycles. The van der Waals surface area contributed by atoms with E-state index in [9.17, 15) is 0 Å². The fourth-order valence-corrected chi connectivity index (χ4v) is 4.25. The first kappa shape index (κ1) is 15.3. The van der Waals surface area contributed by atoms with Gasteiger partial charge in [0.25, 0.3) is 0 Å². The minimum atomic E-state index is 0.905. The van der Waals surface area contributed by atoms with E-state index in [1.807, 2.05) is 12.1 Å². The summed E-state index contributed by atoms with van der Waals surface area (Å²) in [5, 5.41) is 1.15. The molecule has 0 spiro atoms. The van der Waals surface area contributed by atoms with E-state index in [1.54, 1.807) is 18.4 Å². The lowest BCUT2D eigenvalue weighted by molar-refractivity contribution is 0.415. The van der Waals surface area contributed by atoms with Gasteiger partial charge in [0, 0.05) is 31.9 Å². The van der Waals surface area contributed by atoms with E-state index in [0.29, 0.717) is 0 Å². The van der Waals surface area contributed by atoms with Gasteiger partial charge in [-0.3, -0.25) is 0 Å². The summed E-state index contributed by atoms with van der Waals surface area (Å²) < 4.78 is 6.52. The third-order valence-corrected chi connectivity index (χ3v) is 5.68. The molecule has 4 nitrogen and oxygen atoms in total. The number of fused-ring (bicyclic) bond motifs is 1. The van der Waals surface area contributed by atoms with Crippen molar-refractivity contribution in [3.63, 3.8) is 0 Å². The highest BCUT2D eigenvalue weighted by molar-refractivity contribution is 7.22. The molecular weight excluding hydrogens is 318 g/mol. The Bertz CT molecular complexity index is 835. The van der Waals surface area contributed by atoms with E-state index >= 15 is 0 Å². The number of thiazole rings is 1. The summed E-state index contributed by atoms with van der Waals surface area (Å²) in [6.45, 7) is 6.17. The number of piperazine rings is 1. The first-order valence-electron chi connectivity index (χ1n) is 8.25. The van der Waals surface area contributed by atoms with Crippen LogP contribution in [0.1, 0.15) is 5.56 Å². The second kappa shape index (κ2) is 6.32. The van der Waals surface area contributed by atoms with E-state index in [2.05, 4.69) is 47.1 Å². The number of ether oxygens (including phenoxy) is 1. The molecule has 3 aromatic rings. The number of nitrogens with zero attached hydrogens (tertiary/aromatic N) is 3. The van der Waals surface area contributed by atoms with Crippen molar-refractivity contribution in [3.8, 4) is 5.75 Å². The van der Waals surface area contributed by atoms with Crippen LogP contribution >= 0.6 is 11.3 Å². The maximum atomic E-state index is 5.24. The largest absolute Gasteiger partial charge is 0.497 e. The molecule has 0 unspecified atom stereocenters. The molecule has 0 radical (unpaired) electrons. The second-order valence-electron chi connectivity index (χ2n) is 6.09. The zero-order valence-corrected chi connectivity index (χ0v) is 14.8. The summed E-state index contributed by atoms with van der Waals surface area (Å²) in [6.07, 6.45) is 0. The van der Waals surface area contributed by atoms with E-state index < -0.39 is 0 Å². The van der Waals surface area contributed by atoms with E-state index in [0.717, 1.165) is 42.6 Å². The number of aromatic nitrogens is 1. The molecular formula is C19H21N3OS. The van der Waals surface area contributed by atoms with Crippen LogP contribution in [0.5, 0.6) is 5.75 Å². The smallest absolute Gasteiger partial charge is 0.186 e. The van der Waals surface area contributed by atoms with Crippen molar-refractivity contribution in [2.45, 2.75) is 6.92 Å². The summed E-state index contributed by atoms with van der Waals surface area (Å²) >= 11 is 1.80. The van der Waals surface area contributed by atoms with Crippen molar-refractivity contribution in [1.82, 2.24) is 4.98 Å². The third-order valence-electron chi connectivity index (χ3n) is 4.60. The van der Waals surface area contributed by atoms with Crippen molar-refractivity contribution in [2.24, 2.45) is 0 Å². The normalized spacial score (nSPS) is 15.1. The van der Waals surface area contributed by atoms with Crippen LogP contribution in [0.25, 0.3) is 10.2 Å². The van der Waals surface area contributed by atoms with Gasteiger partial charge in [-0.25, -0.2) is 4.98 Å². The van der Waals surface area contributed by atoms with Gasteiger partial charge in [-0.1, -0.05) is 23.5 Å². The zero-order valence-electron chi connectivity index (χ0n) is 14.0. The van der Waals surface area contributed by atoms with Gasteiger partial charge >= 0.3 is 0 Å². The van der Waals surface area contributed by atoms with Crippen molar-refractivity contribution in [3.05, 3.63) is 48.0 Å². The summed E-state index contributed by atoms with van der Waals surface area (Å²) in [5.74, 6) is 0.905. The molecule has 1 aliphatic rings. The molecule has 0 amide bonds.